The van der Waals surface area contributed by atoms with Crippen LogP contribution in [0.4, 0.5) is 4.39 Å². The number of hydrogen-bond acceptors (Lipinski definition) is 2. The second kappa shape index (κ2) is 3.12. The van der Waals surface area contributed by atoms with Crippen LogP contribution in [-0.4, -0.2) is 14.6 Å². The van der Waals surface area contributed by atoms with Gasteiger partial charge in [0.1, 0.15) is 5.82 Å². The molecule has 1 N–H and O–H groups in total. The zero-order valence-corrected chi connectivity index (χ0v) is 9.31. The number of pyridine rings is 1. The molecule has 0 atom stereocenters. The highest BCUT2D eigenvalue weighted by Crippen LogP contribution is 2.21. The Morgan fingerprint density at radius 2 is 2.19 bits per heavy atom. The average molecular weight is 233 g/mol. The first-order valence-electron chi connectivity index (χ1n) is 4.83. The molecular weight excluding hydrogens is 225 g/mol. The molecule has 3 nitrogen and oxygen atoms in total. The first-order valence-corrected chi connectivity index (χ1v) is 5.23. The van der Waals surface area contributed by atoms with Crippen molar-refractivity contribution in [1.82, 2.24) is 14.6 Å². The molecule has 0 aliphatic rings. The van der Waals surface area contributed by atoms with E-state index in [1.807, 2.05) is 13.0 Å². The topological polar surface area (TPSA) is 33.1 Å². The number of aryl methyl sites for hydroxylation is 1. The fraction of sp³-hybridized carbons (Fsp3) is 0.0909. The molecule has 0 fully saturated rings. The number of nitrogens with zero attached hydrogens (tertiary/aromatic N) is 2. The van der Waals surface area contributed by atoms with Crippen LogP contribution in [0.1, 0.15) is 5.56 Å². The van der Waals surface area contributed by atoms with Gasteiger partial charge in [-0.3, -0.25) is 9.50 Å². The Morgan fingerprint density at radius 1 is 1.38 bits per heavy atom. The Bertz CT molecular complexity index is 757. The molecule has 0 spiro atoms. The second-order valence-electron chi connectivity index (χ2n) is 3.71. The highest BCUT2D eigenvalue weighted by Gasteiger charge is 2.06. The van der Waals surface area contributed by atoms with Gasteiger partial charge in [-0.1, -0.05) is 0 Å². The van der Waals surface area contributed by atoms with Crippen LogP contribution in [0.5, 0.6) is 0 Å². The molecule has 80 valence electrons. The number of H-pyrrole nitrogens is 1. The third kappa shape index (κ3) is 1.18. The van der Waals surface area contributed by atoms with Gasteiger partial charge in [-0.15, -0.1) is 0 Å². The summed E-state index contributed by atoms with van der Waals surface area (Å²) in [6.07, 6.45) is 0. The maximum atomic E-state index is 13.2. The van der Waals surface area contributed by atoms with Crippen LogP contribution in [0.25, 0.3) is 16.6 Å². The van der Waals surface area contributed by atoms with Gasteiger partial charge >= 0.3 is 0 Å². The molecule has 0 bridgehead atoms. The van der Waals surface area contributed by atoms with Crippen LogP contribution in [-0.2, 0) is 0 Å². The van der Waals surface area contributed by atoms with Gasteiger partial charge in [0.2, 0.25) is 0 Å². The number of benzene rings is 1. The van der Waals surface area contributed by atoms with Gasteiger partial charge in [0.05, 0.1) is 5.52 Å². The Labute approximate surface area is 95.5 Å². The second-order valence-corrected chi connectivity index (χ2v) is 4.10. The van der Waals surface area contributed by atoms with Crippen LogP contribution >= 0.6 is 12.2 Å². The van der Waals surface area contributed by atoms with Gasteiger partial charge in [-0.25, -0.2) is 4.39 Å². The molecule has 3 aromatic rings. The molecule has 5 heteroatoms. The molecule has 2 heterocycles. The summed E-state index contributed by atoms with van der Waals surface area (Å²) < 4.78 is 15.5. The van der Waals surface area contributed by atoms with Crippen molar-refractivity contribution in [2.75, 3.05) is 0 Å². The minimum absolute atomic E-state index is 0.245. The molecule has 3 rings (SSSR count). The Kier molecular flexibility index (Phi) is 1.85. The summed E-state index contributed by atoms with van der Waals surface area (Å²) in [4.78, 5) is 0. The predicted octanol–water partition coefficient (Wildman–Crippen LogP) is 2.99. The summed E-state index contributed by atoms with van der Waals surface area (Å²) in [6.45, 7) is 1.93. The standard InChI is InChI=1S/C11H8FN3S/c1-6-4-10-13-14-11(16)15(10)9-3-2-7(12)5-8(6)9/h2-5H,1H3,(H,14,16). The maximum absolute atomic E-state index is 13.2. The van der Waals surface area contributed by atoms with E-state index in [1.165, 1.54) is 12.1 Å². The van der Waals surface area contributed by atoms with Crippen LogP contribution in [0.3, 0.4) is 0 Å². The molecule has 16 heavy (non-hydrogen) atoms. The maximum Gasteiger partial charge on any atom is 0.200 e. The van der Waals surface area contributed by atoms with Crippen molar-refractivity contribution >= 4 is 28.8 Å². The number of fused-ring (bicyclic) bond motifs is 3. The van der Waals surface area contributed by atoms with Crippen LogP contribution < -0.4 is 0 Å². The largest absolute Gasteiger partial charge is 0.268 e. The van der Waals surface area contributed by atoms with E-state index in [2.05, 4.69) is 10.2 Å². The average Bonchev–Trinajstić information content (AvgIpc) is 2.61. The van der Waals surface area contributed by atoms with Crippen LogP contribution in [0, 0.1) is 17.5 Å². The fourth-order valence-electron chi connectivity index (χ4n) is 1.93. The molecule has 0 radical (unpaired) electrons. The quantitative estimate of drug-likeness (QED) is 0.605. The van der Waals surface area contributed by atoms with Gasteiger partial charge in [-0.05, 0) is 49.0 Å². The molecule has 0 amide bonds. The summed E-state index contributed by atoms with van der Waals surface area (Å²) in [5, 5.41) is 7.69. The first kappa shape index (κ1) is 9.47. The van der Waals surface area contributed by atoms with E-state index < -0.39 is 0 Å². The SMILES string of the molecule is Cc1cc2n[nH]c(=S)n2c2ccc(F)cc12. The Balaban J connectivity index is 2.68. The monoisotopic (exact) mass is 233 g/mol. The van der Waals surface area contributed by atoms with Gasteiger partial charge in [0.25, 0.3) is 0 Å². The van der Waals surface area contributed by atoms with E-state index in [0.29, 0.717) is 4.77 Å². The number of nitrogens with one attached hydrogen (secondary N) is 1. The van der Waals surface area contributed by atoms with E-state index in [9.17, 15) is 4.39 Å². The van der Waals surface area contributed by atoms with Crippen molar-refractivity contribution in [3.63, 3.8) is 0 Å². The van der Waals surface area contributed by atoms with Gasteiger partial charge < -0.3 is 0 Å². The predicted molar refractivity (Wildman–Crippen MR) is 62.6 cm³/mol. The lowest BCUT2D eigenvalue weighted by Crippen LogP contribution is -1.91. The van der Waals surface area contributed by atoms with Crippen molar-refractivity contribution in [3.05, 3.63) is 40.4 Å². The van der Waals surface area contributed by atoms with Crippen molar-refractivity contribution in [1.29, 1.82) is 0 Å². The van der Waals surface area contributed by atoms with Crippen molar-refractivity contribution in [2.45, 2.75) is 6.92 Å². The summed E-state index contributed by atoms with van der Waals surface area (Å²) in [5.74, 6) is -0.245. The lowest BCUT2D eigenvalue weighted by molar-refractivity contribution is 0.629. The molecule has 0 saturated carbocycles. The number of hydrogen-bond donors (Lipinski definition) is 1. The van der Waals surface area contributed by atoms with Crippen molar-refractivity contribution < 1.29 is 4.39 Å². The Hall–Kier alpha value is -1.75. The number of aromatic amines is 1. The number of rotatable bonds is 0. The molecule has 0 saturated heterocycles. The normalized spacial score (nSPS) is 11.4. The summed E-state index contributed by atoms with van der Waals surface area (Å²) in [7, 11) is 0. The van der Waals surface area contributed by atoms with Gasteiger partial charge in [-0.2, -0.15) is 5.10 Å². The van der Waals surface area contributed by atoms with Gasteiger partial charge in [0, 0.05) is 5.39 Å². The first-order chi connectivity index (χ1) is 7.66. The zero-order chi connectivity index (χ0) is 11.3. The fourth-order valence-corrected chi connectivity index (χ4v) is 2.17. The minimum atomic E-state index is -0.245. The zero-order valence-electron chi connectivity index (χ0n) is 8.49. The molecule has 0 aliphatic carbocycles. The Morgan fingerprint density at radius 3 is 3.00 bits per heavy atom. The van der Waals surface area contributed by atoms with E-state index in [-0.39, 0.29) is 5.82 Å². The number of halogens is 1. The van der Waals surface area contributed by atoms with Crippen molar-refractivity contribution in [2.24, 2.45) is 0 Å². The van der Waals surface area contributed by atoms with E-state index in [4.69, 9.17) is 12.2 Å². The molecule has 2 aromatic heterocycles. The number of aromatic nitrogens is 3. The third-order valence-corrected chi connectivity index (χ3v) is 2.94. The lowest BCUT2D eigenvalue weighted by atomic mass is 10.1. The molecule has 0 unspecified atom stereocenters. The van der Waals surface area contributed by atoms with Crippen LogP contribution in [0.2, 0.25) is 0 Å². The molecule has 1 aromatic carbocycles. The van der Waals surface area contributed by atoms with Crippen molar-refractivity contribution in [3.8, 4) is 0 Å². The lowest BCUT2D eigenvalue weighted by Gasteiger charge is -2.04. The molecular formula is C11H8FN3S. The summed E-state index contributed by atoms with van der Waals surface area (Å²) >= 11 is 5.14. The van der Waals surface area contributed by atoms with Crippen LogP contribution in [0.15, 0.2) is 24.3 Å². The smallest absolute Gasteiger partial charge is 0.200 e. The molecule has 0 aliphatic heterocycles. The summed E-state index contributed by atoms with van der Waals surface area (Å²) in [5.41, 5.74) is 2.60. The van der Waals surface area contributed by atoms with E-state index >= 15 is 0 Å². The minimum Gasteiger partial charge on any atom is -0.268 e. The highest BCUT2D eigenvalue weighted by atomic mass is 32.1. The van der Waals surface area contributed by atoms with E-state index in [0.717, 1.165) is 22.1 Å². The van der Waals surface area contributed by atoms with Gasteiger partial charge in [0.15, 0.2) is 10.4 Å². The highest BCUT2D eigenvalue weighted by molar-refractivity contribution is 7.71. The summed E-state index contributed by atoms with van der Waals surface area (Å²) in [6, 6.07) is 6.54. The van der Waals surface area contributed by atoms with E-state index in [1.54, 1.807) is 10.5 Å². The third-order valence-electron chi connectivity index (χ3n) is 2.67.